The molecule has 0 spiro atoms. The molecule has 1 aliphatic rings. The molecule has 21 heavy (non-hydrogen) atoms. The molecule has 0 bridgehead atoms. The minimum Gasteiger partial charge on any atom is -0.379 e. The molecule has 8 heteroatoms. The van der Waals surface area contributed by atoms with E-state index < -0.39 is 4.92 Å². The second-order valence-electron chi connectivity index (χ2n) is 5.17. The van der Waals surface area contributed by atoms with Crippen molar-refractivity contribution in [2.45, 2.75) is 26.4 Å². The van der Waals surface area contributed by atoms with E-state index >= 15 is 0 Å². The van der Waals surface area contributed by atoms with Crippen LogP contribution in [0.2, 0.25) is 0 Å². The summed E-state index contributed by atoms with van der Waals surface area (Å²) in [7, 11) is 1.67. The van der Waals surface area contributed by atoms with Crippen LogP contribution in [0, 0.1) is 16.0 Å². The second-order valence-corrected chi connectivity index (χ2v) is 5.17. The molecule has 2 atom stereocenters. The van der Waals surface area contributed by atoms with Crippen molar-refractivity contribution in [3.8, 4) is 0 Å². The van der Waals surface area contributed by atoms with Gasteiger partial charge in [-0.1, -0.05) is 6.92 Å². The van der Waals surface area contributed by atoms with Crippen LogP contribution in [-0.2, 0) is 4.74 Å². The Morgan fingerprint density at radius 1 is 1.57 bits per heavy atom. The quantitative estimate of drug-likeness (QED) is 0.652. The molecule has 0 amide bonds. The zero-order valence-corrected chi connectivity index (χ0v) is 12.6. The van der Waals surface area contributed by atoms with Gasteiger partial charge in [-0.2, -0.15) is 0 Å². The van der Waals surface area contributed by atoms with E-state index in [4.69, 9.17) is 4.74 Å². The van der Waals surface area contributed by atoms with Crippen molar-refractivity contribution in [2.24, 2.45) is 5.92 Å². The number of methoxy groups -OCH3 is 1. The third kappa shape index (κ3) is 3.21. The van der Waals surface area contributed by atoms with Gasteiger partial charge in [-0.3, -0.25) is 10.1 Å². The highest BCUT2D eigenvalue weighted by Gasteiger charge is 2.32. The van der Waals surface area contributed by atoms with Crippen LogP contribution in [0.25, 0.3) is 0 Å². The van der Waals surface area contributed by atoms with Gasteiger partial charge in [-0.05, 0) is 19.3 Å². The fourth-order valence-electron chi connectivity index (χ4n) is 2.60. The Morgan fingerprint density at radius 3 is 2.95 bits per heavy atom. The van der Waals surface area contributed by atoms with E-state index in [9.17, 15) is 10.1 Å². The highest BCUT2D eigenvalue weighted by Crippen LogP contribution is 2.34. The summed E-state index contributed by atoms with van der Waals surface area (Å²) in [6.07, 6.45) is 2.33. The van der Waals surface area contributed by atoms with Gasteiger partial charge in [0.25, 0.3) is 0 Å². The third-order valence-electron chi connectivity index (χ3n) is 3.82. The highest BCUT2D eigenvalue weighted by molar-refractivity contribution is 5.70. The van der Waals surface area contributed by atoms with E-state index in [0.29, 0.717) is 24.8 Å². The van der Waals surface area contributed by atoms with Crippen LogP contribution in [0.5, 0.6) is 0 Å². The Labute approximate surface area is 123 Å². The summed E-state index contributed by atoms with van der Waals surface area (Å²) in [6.45, 7) is 5.89. The Bertz CT molecular complexity index is 511. The lowest BCUT2D eigenvalue weighted by Crippen LogP contribution is -2.44. The van der Waals surface area contributed by atoms with Crippen LogP contribution in [0.1, 0.15) is 20.3 Å². The van der Waals surface area contributed by atoms with Gasteiger partial charge in [0.15, 0.2) is 0 Å². The van der Waals surface area contributed by atoms with Gasteiger partial charge in [0.05, 0.1) is 11.0 Å². The fraction of sp³-hybridized carbons (Fsp3) is 0.692. The zero-order chi connectivity index (χ0) is 15.4. The molecule has 2 heterocycles. The SMILES string of the molecule is CCNc1ncnc(N2CCC(C)C(OC)C2)c1[N+](=O)[O-]. The monoisotopic (exact) mass is 295 g/mol. The maximum Gasteiger partial charge on any atom is 0.353 e. The maximum absolute atomic E-state index is 11.4. The first-order valence-electron chi connectivity index (χ1n) is 7.09. The van der Waals surface area contributed by atoms with Crippen molar-refractivity contribution in [3.05, 3.63) is 16.4 Å². The fourth-order valence-corrected chi connectivity index (χ4v) is 2.60. The number of ether oxygens (including phenoxy) is 1. The summed E-state index contributed by atoms with van der Waals surface area (Å²) in [5.41, 5.74) is -0.0660. The van der Waals surface area contributed by atoms with E-state index in [0.717, 1.165) is 13.0 Å². The largest absolute Gasteiger partial charge is 0.379 e. The molecule has 1 N–H and O–H groups in total. The molecular formula is C13H21N5O3. The Balaban J connectivity index is 2.34. The first-order chi connectivity index (χ1) is 10.1. The molecule has 0 aromatic carbocycles. The van der Waals surface area contributed by atoms with Crippen LogP contribution < -0.4 is 10.2 Å². The molecule has 1 aromatic rings. The minimum absolute atomic E-state index is 0.0518. The second kappa shape index (κ2) is 6.66. The van der Waals surface area contributed by atoms with Gasteiger partial charge in [0.2, 0.25) is 11.6 Å². The normalized spacial score (nSPS) is 22.1. The number of anilines is 2. The topological polar surface area (TPSA) is 93.4 Å². The van der Waals surface area contributed by atoms with Gasteiger partial charge in [-0.15, -0.1) is 0 Å². The number of hydrogen-bond acceptors (Lipinski definition) is 7. The van der Waals surface area contributed by atoms with Crippen molar-refractivity contribution in [3.63, 3.8) is 0 Å². The number of nitro groups is 1. The minimum atomic E-state index is -0.423. The number of piperidine rings is 1. The molecular weight excluding hydrogens is 274 g/mol. The van der Waals surface area contributed by atoms with E-state index in [2.05, 4.69) is 22.2 Å². The van der Waals surface area contributed by atoms with E-state index in [1.165, 1.54) is 6.33 Å². The van der Waals surface area contributed by atoms with Crippen molar-refractivity contribution < 1.29 is 9.66 Å². The Kier molecular flexibility index (Phi) is 4.89. The summed E-state index contributed by atoms with van der Waals surface area (Å²) in [6, 6.07) is 0. The van der Waals surface area contributed by atoms with E-state index in [1.54, 1.807) is 7.11 Å². The molecule has 2 unspecified atom stereocenters. The average Bonchev–Trinajstić information content (AvgIpc) is 2.47. The Hall–Kier alpha value is -1.96. The average molecular weight is 295 g/mol. The van der Waals surface area contributed by atoms with Gasteiger partial charge in [-0.25, -0.2) is 9.97 Å². The smallest absolute Gasteiger partial charge is 0.353 e. The molecule has 2 rings (SSSR count). The number of aromatic nitrogens is 2. The first-order valence-corrected chi connectivity index (χ1v) is 7.09. The molecule has 1 fully saturated rings. The molecule has 1 saturated heterocycles. The molecule has 8 nitrogen and oxygen atoms in total. The zero-order valence-electron chi connectivity index (χ0n) is 12.6. The maximum atomic E-state index is 11.4. The molecule has 1 aromatic heterocycles. The number of nitrogens with one attached hydrogen (secondary N) is 1. The van der Waals surface area contributed by atoms with Crippen LogP contribution in [0.3, 0.4) is 0 Å². The van der Waals surface area contributed by atoms with Crippen LogP contribution >= 0.6 is 0 Å². The van der Waals surface area contributed by atoms with Gasteiger partial charge >= 0.3 is 5.69 Å². The van der Waals surface area contributed by atoms with Crippen LogP contribution in [-0.4, -0.2) is 47.7 Å². The highest BCUT2D eigenvalue weighted by atomic mass is 16.6. The van der Waals surface area contributed by atoms with Crippen molar-refractivity contribution >= 4 is 17.3 Å². The standard InChI is InChI=1S/C13H21N5O3/c1-4-14-12-11(18(19)20)13(16-8-15-12)17-6-5-9(2)10(7-17)21-3/h8-10H,4-7H2,1-3H3,(H,14,15,16). The lowest BCUT2D eigenvalue weighted by atomic mass is 9.96. The third-order valence-corrected chi connectivity index (χ3v) is 3.82. The van der Waals surface area contributed by atoms with Crippen LogP contribution in [0.4, 0.5) is 17.3 Å². The lowest BCUT2D eigenvalue weighted by molar-refractivity contribution is -0.383. The summed E-state index contributed by atoms with van der Waals surface area (Å²) in [5, 5.41) is 14.3. The molecule has 0 saturated carbocycles. The number of hydrogen-bond donors (Lipinski definition) is 1. The predicted molar refractivity (Wildman–Crippen MR) is 79.6 cm³/mol. The lowest BCUT2D eigenvalue weighted by Gasteiger charge is -2.36. The van der Waals surface area contributed by atoms with E-state index in [-0.39, 0.29) is 17.6 Å². The summed E-state index contributed by atoms with van der Waals surface area (Å²) < 4.78 is 5.46. The van der Waals surface area contributed by atoms with Gasteiger partial charge in [0, 0.05) is 26.7 Å². The molecule has 0 radical (unpaired) electrons. The number of rotatable bonds is 5. The van der Waals surface area contributed by atoms with E-state index in [1.807, 2.05) is 11.8 Å². The van der Waals surface area contributed by atoms with Crippen LogP contribution in [0.15, 0.2) is 6.33 Å². The molecule has 116 valence electrons. The Morgan fingerprint density at radius 2 is 2.33 bits per heavy atom. The summed E-state index contributed by atoms with van der Waals surface area (Å²) in [5.74, 6) is 1.06. The van der Waals surface area contributed by atoms with Gasteiger partial charge in [0.1, 0.15) is 6.33 Å². The number of nitrogens with zero attached hydrogens (tertiary/aromatic N) is 4. The predicted octanol–water partition coefficient (Wildman–Crippen LogP) is 1.68. The molecule has 0 aliphatic carbocycles. The molecule has 1 aliphatic heterocycles. The first kappa shape index (κ1) is 15.4. The summed E-state index contributed by atoms with van der Waals surface area (Å²) in [4.78, 5) is 21.0. The van der Waals surface area contributed by atoms with Crippen molar-refractivity contribution in [1.29, 1.82) is 0 Å². The van der Waals surface area contributed by atoms with Gasteiger partial charge < -0.3 is 15.0 Å². The van der Waals surface area contributed by atoms with Crippen molar-refractivity contribution in [2.75, 3.05) is 37.0 Å². The summed E-state index contributed by atoms with van der Waals surface area (Å²) >= 11 is 0. The van der Waals surface area contributed by atoms with Crippen molar-refractivity contribution in [1.82, 2.24) is 9.97 Å².